The van der Waals surface area contributed by atoms with Gasteiger partial charge >= 0.3 is 5.97 Å². The molecule has 1 amide bonds. The number of likely N-dealkylation sites (tertiary alicyclic amines) is 1. The Morgan fingerprint density at radius 1 is 1.08 bits per heavy atom. The van der Waals surface area contributed by atoms with Crippen molar-refractivity contribution < 1.29 is 14.7 Å². The number of carboxylic acids is 1. The SMILES string of the molecule is C=CCCC[C@@H](N=C(c1ccccc1)c1ccccc1NC(=O)C1CCCN1Cc1ccccc1Cl)C(=O)O. The predicted molar refractivity (Wildman–Crippen MR) is 158 cm³/mol. The molecule has 2 atom stereocenters. The van der Waals surface area contributed by atoms with Gasteiger partial charge in [0.25, 0.3) is 0 Å². The fourth-order valence-corrected chi connectivity index (χ4v) is 5.12. The Kier molecular flexibility index (Phi) is 10.1. The van der Waals surface area contributed by atoms with E-state index in [1.165, 1.54) is 0 Å². The van der Waals surface area contributed by atoms with Crippen molar-refractivity contribution in [1.82, 2.24) is 4.90 Å². The van der Waals surface area contributed by atoms with E-state index in [0.29, 0.717) is 41.4 Å². The van der Waals surface area contributed by atoms with Crippen LogP contribution in [0.1, 0.15) is 48.8 Å². The standard InChI is InChI=1S/C32H34ClN3O3/c1-2-3-5-19-28(32(38)39)34-30(23-13-6-4-7-14-23)25-16-9-11-18-27(25)35-31(37)29-20-12-21-36(29)22-24-15-8-10-17-26(24)33/h2,4,6-11,13-18,28-29H,1,3,5,12,19-22H2,(H,35,37)(H,38,39)/t28-,29?/m1/s1. The lowest BCUT2D eigenvalue weighted by Crippen LogP contribution is -2.39. The summed E-state index contributed by atoms with van der Waals surface area (Å²) < 4.78 is 0. The number of benzene rings is 3. The Balaban J connectivity index is 1.63. The molecule has 7 heteroatoms. The molecule has 4 rings (SSSR count). The maximum Gasteiger partial charge on any atom is 0.328 e. The van der Waals surface area contributed by atoms with Gasteiger partial charge in [0.05, 0.1) is 17.4 Å². The van der Waals surface area contributed by atoms with Gasteiger partial charge in [0, 0.05) is 22.7 Å². The molecule has 0 aliphatic carbocycles. The van der Waals surface area contributed by atoms with E-state index in [4.69, 9.17) is 16.6 Å². The number of carbonyl (C=O) groups excluding carboxylic acids is 1. The average Bonchev–Trinajstić information content (AvgIpc) is 3.41. The number of rotatable bonds is 12. The second-order valence-electron chi connectivity index (χ2n) is 9.67. The van der Waals surface area contributed by atoms with Crippen LogP contribution in [0.25, 0.3) is 0 Å². The lowest BCUT2D eigenvalue weighted by Gasteiger charge is -2.25. The van der Waals surface area contributed by atoms with Crippen LogP contribution >= 0.6 is 11.6 Å². The van der Waals surface area contributed by atoms with Crippen molar-refractivity contribution in [3.05, 3.63) is 113 Å². The van der Waals surface area contributed by atoms with Crippen molar-refractivity contribution in [3.8, 4) is 0 Å². The van der Waals surface area contributed by atoms with Gasteiger partial charge in [-0.1, -0.05) is 84.4 Å². The average molecular weight is 544 g/mol. The molecule has 1 heterocycles. The Labute approximate surface area is 235 Å². The molecule has 3 aromatic rings. The van der Waals surface area contributed by atoms with Crippen molar-refractivity contribution in [2.45, 2.75) is 50.7 Å². The number of amides is 1. The quantitative estimate of drug-likeness (QED) is 0.153. The van der Waals surface area contributed by atoms with Crippen molar-refractivity contribution in [1.29, 1.82) is 0 Å². The van der Waals surface area contributed by atoms with Gasteiger partial charge in [0.15, 0.2) is 0 Å². The van der Waals surface area contributed by atoms with Crippen molar-refractivity contribution in [2.24, 2.45) is 4.99 Å². The van der Waals surface area contributed by atoms with Crippen LogP contribution < -0.4 is 5.32 Å². The number of carboxylic acid groups (broad SMARTS) is 1. The second kappa shape index (κ2) is 13.9. The number of aliphatic imine (C=N–C) groups is 1. The number of allylic oxidation sites excluding steroid dienone is 1. The van der Waals surface area contributed by atoms with E-state index in [0.717, 1.165) is 36.9 Å². The summed E-state index contributed by atoms with van der Waals surface area (Å²) in [6.45, 7) is 5.14. The number of nitrogens with one attached hydrogen (secondary N) is 1. The molecule has 0 radical (unpaired) electrons. The third-order valence-corrected chi connectivity index (χ3v) is 7.31. The van der Waals surface area contributed by atoms with Crippen LogP contribution in [0.3, 0.4) is 0 Å². The highest BCUT2D eigenvalue weighted by Crippen LogP contribution is 2.27. The number of hydrogen-bond acceptors (Lipinski definition) is 4. The van der Waals surface area contributed by atoms with E-state index in [2.05, 4.69) is 16.8 Å². The summed E-state index contributed by atoms with van der Waals surface area (Å²) in [4.78, 5) is 32.6. The molecule has 1 fully saturated rings. The topological polar surface area (TPSA) is 82.0 Å². The zero-order valence-electron chi connectivity index (χ0n) is 21.9. The lowest BCUT2D eigenvalue weighted by atomic mass is 9.99. The minimum atomic E-state index is -0.977. The Morgan fingerprint density at radius 3 is 2.54 bits per heavy atom. The summed E-state index contributed by atoms with van der Waals surface area (Å²) in [5, 5.41) is 13.8. The minimum Gasteiger partial charge on any atom is -0.480 e. The number of halogens is 1. The third kappa shape index (κ3) is 7.43. The van der Waals surface area contributed by atoms with Crippen molar-refractivity contribution in [3.63, 3.8) is 0 Å². The molecule has 1 unspecified atom stereocenters. The number of nitrogens with zero attached hydrogens (tertiary/aromatic N) is 2. The molecule has 1 saturated heterocycles. The van der Waals surface area contributed by atoms with Gasteiger partial charge in [-0.05, 0) is 56.3 Å². The summed E-state index contributed by atoms with van der Waals surface area (Å²) in [6.07, 6.45) is 5.25. The van der Waals surface area contributed by atoms with Crippen LogP contribution in [0.2, 0.25) is 5.02 Å². The number of hydrogen-bond donors (Lipinski definition) is 2. The number of unbranched alkanes of at least 4 members (excludes halogenated alkanes) is 1. The van der Waals surface area contributed by atoms with E-state index < -0.39 is 12.0 Å². The summed E-state index contributed by atoms with van der Waals surface area (Å²) in [5.41, 5.74) is 3.61. The molecule has 3 aromatic carbocycles. The second-order valence-corrected chi connectivity index (χ2v) is 10.1. The monoisotopic (exact) mass is 543 g/mol. The molecule has 202 valence electrons. The number of para-hydroxylation sites is 1. The highest BCUT2D eigenvalue weighted by atomic mass is 35.5. The van der Waals surface area contributed by atoms with Crippen LogP contribution in [0, 0.1) is 0 Å². The molecule has 0 bridgehead atoms. The zero-order valence-corrected chi connectivity index (χ0v) is 22.7. The molecule has 0 aromatic heterocycles. The predicted octanol–water partition coefficient (Wildman–Crippen LogP) is 6.59. The van der Waals surface area contributed by atoms with E-state index in [9.17, 15) is 14.7 Å². The van der Waals surface area contributed by atoms with Gasteiger partial charge in [-0.25, -0.2) is 4.79 Å². The van der Waals surface area contributed by atoms with E-state index >= 15 is 0 Å². The van der Waals surface area contributed by atoms with Crippen molar-refractivity contribution >= 4 is 34.9 Å². The molecule has 0 saturated carbocycles. The van der Waals surface area contributed by atoms with Gasteiger partial charge in [0.2, 0.25) is 5.91 Å². The molecule has 39 heavy (non-hydrogen) atoms. The first kappa shape index (κ1) is 28.3. The van der Waals surface area contributed by atoms with Crippen molar-refractivity contribution in [2.75, 3.05) is 11.9 Å². The maximum absolute atomic E-state index is 13.6. The molecule has 6 nitrogen and oxygen atoms in total. The number of carbonyl (C=O) groups is 2. The Morgan fingerprint density at radius 2 is 1.79 bits per heavy atom. The number of aliphatic carboxylic acids is 1. The first-order valence-electron chi connectivity index (χ1n) is 13.3. The summed E-state index contributed by atoms with van der Waals surface area (Å²) >= 11 is 6.39. The fourth-order valence-electron chi connectivity index (χ4n) is 4.92. The minimum absolute atomic E-state index is 0.0971. The highest BCUT2D eigenvalue weighted by Gasteiger charge is 2.31. The van der Waals surface area contributed by atoms with Crippen LogP contribution in [0.5, 0.6) is 0 Å². The molecule has 0 spiro atoms. The zero-order chi connectivity index (χ0) is 27.6. The first-order valence-corrected chi connectivity index (χ1v) is 13.7. The van der Waals surface area contributed by atoms with Crippen LogP contribution in [-0.4, -0.2) is 46.2 Å². The van der Waals surface area contributed by atoms with Gasteiger partial charge in [-0.3, -0.25) is 14.7 Å². The molecule has 1 aliphatic rings. The van der Waals surface area contributed by atoms with Gasteiger partial charge in [-0.15, -0.1) is 6.58 Å². The summed E-state index contributed by atoms with van der Waals surface area (Å²) in [7, 11) is 0. The molecular formula is C32H34ClN3O3. The van der Waals surface area contributed by atoms with Gasteiger partial charge < -0.3 is 10.4 Å². The Hall–Kier alpha value is -3.74. The Bertz CT molecular complexity index is 1320. The van der Waals surface area contributed by atoms with Gasteiger partial charge in [-0.2, -0.15) is 0 Å². The first-order chi connectivity index (χ1) is 19.0. The lowest BCUT2D eigenvalue weighted by molar-refractivity contribution is -0.138. The molecule has 2 N–H and O–H groups in total. The van der Waals surface area contributed by atoms with Crippen LogP contribution in [0.15, 0.2) is 96.5 Å². The summed E-state index contributed by atoms with van der Waals surface area (Å²) in [5.74, 6) is -1.07. The van der Waals surface area contributed by atoms with E-state index in [-0.39, 0.29) is 11.9 Å². The van der Waals surface area contributed by atoms with Crippen LogP contribution in [-0.2, 0) is 16.1 Å². The fraction of sp³-hybridized carbons (Fsp3) is 0.281. The molecule has 1 aliphatic heterocycles. The molecular weight excluding hydrogens is 510 g/mol. The maximum atomic E-state index is 13.6. The largest absolute Gasteiger partial charge is 0.480 e. The highest BCUT2D eigenvalue weighted by molar-refractivity contribution is 6.31. The van der Waals surface area contributed by atoms with Gasteiger partial charge in [0.1, 0.15) is 6.04 Å². The smallest absolute Gasteiger partial charge is 0.328 e. The van der Waals surface area contributed by atoms with E-state index in [1.54, 1.807) is 6.08 Å². The van der Waals surface area contributed by atoms with E-state index in [1.807, 2.05) is 78.9 Å². The normalized spacial score (nSPS) is 16.5. The third-order valence-electron chi connectivity index (χ3n) is 6.94. The number of anilines is 1. The van der Waals surface area contributed by atoms with Crippen LogP contribution in [0.4, 0.5) is 5.69 Å². The summed E-state index contributed by atoms with van der Waals surface area (Å²) in [6, 6.07) is 23.4.